The summed E-state index contributed by atoms with van der Waals surface area (Å²) in [6, 6.07) is 14.0. The Morgan fingerprint density at radius 2 is 1.79 bits per heavy atom. The summed E-state index contributed by atoms with van der Waals surface area (Å²) in [4.78, 5) is 27.3. The predicted octanol–water partition coefficient (Wildman–Crippen LogP) is 3.10. The molecule has 0 radical (unpaired) electrons. The van der Waals surface area contributed by atoms with Crippen molar-refractivity contribution in [1.29, 1.82) is 0 Å². The third kappa shape index (κ3) is 7.48. The minimum atomic E-state index is -3.56. The van der Waals surface area contributed by atoms with Gasteiger partial charge >= 0.3 is 0 Å². The van der Waals surface area contributed by atoms with Gasteiger partial charge in [-0.05, 0) is 37.5 Å². The molecule has 0 fully saturated rings. The Balaban J connectivity index is 2.19. The van der Waals surface area contributed by atoms with Crippen molar-refractivity contribution in [2.75, 3.05) is 31.3 Å². The van der Waals surface area contributed by atoms with Gasteiger partial charge in [-0.3, -0.25) is 13.9 Å². The van der Waals surface area contributed by atoms with E-state index in [0.717, 1.165) is 17.4 Å². The number of anilines is 1. The Bertz CT molecular complexity index is 1070. The van der Waals surface area contributed by atoms with Gasteiger partial charge in [-0.25, -0.2) is 8.42 Å². The Morgan fingerprint density at radius 1 is 1.12 bits per heavy atom. The molecule has 8 nitrogen and oxygen atoms in total. The van der Waals surface area contributed by atoms with Crippen LogP contribution >= 0.6 is 0 Å². The molecule has 0 spiro atoms. The molecule has 2 aromatic rings. The lowest BCUT2D eigenvalue weighted by Crippen LogP contribution is -2.48. The number of ether oxygens (including phenoxy) is 1. The molecule has 1 atom stereocenters. The maximum absolute atomic E-state index is 13.3. The smallest absolute Gasteiger partial charge is 0.242 e. The highest BCUT2D eigenvalue weighted by atomic mass is 32.2. The number of hydrogen-bond acceptors (Lipinski definition) is 5. The number of aryl methyl sites for hydroxylation is 1. The highest BCUT2D eigenvalue weighted by Crippen LogP contribution is 2.24. The fourth-order valence-electron chi connectivity index (χ4n) is 3.75. The molecule has 0 saturated heterocycles. The number of benzene rings is 2. The van der Waals surface area contributed by atoms with Gasteiger partial charge in [0.1, 0.15) is 11.8 Å². The minimum absolute atomic E-state index is 0.106. The maximum Gasteiger partial charge on any atom is 0.242 e. The van der Waals surface area contributed by atoms with Gasteiger partial charge in [-0.2, -0.15) is 0 Å². The third-order valence-electron chi connectivity index (χ3n) is 5.60. The second kappa shape index (κ2) is 12.4. The molecule has 2 rings (SSSR count). The molecule has 0 aliphatic carbocycles. The Hall–Kier alpha value is -3.07. The minimum Gasteiger partial charge on any atom is -0.497 e. The number of sulfonamides is 1. The number of hydrogen-bond donors (Lipinski definition) is 1. The molecule has 0 saturated carbocycles. The van der Waals surface area contributed by atoms with E-state index in [2.05, 4.69) is 5.32 Å². The van der Waals surface area contributed by atoms with E-state index in [-0.39, 0.29) is 24.8 Å². The van der Waals surface area contributed by atoms with Crippen LogP contribution in [0, 0.1) is 6.92 Å². The molecule has 0 bridgehead atoms. The normalized spacial score (nSPS) is 12.0. The maximum atomic E-state index is 13.3. The summed E-state index contributed by atoms with van der Waals surface area (Å²) in [6.07, 6.45) is 2.01. The first-order chi connectivity index (χ1) is 16.1. The van der Waals surface area contributed by atoms with Gasteiger partial charge in [-0.1, -0.05) is 42.8 Å². The number of methoxy groups -OCH3 is 1. The average Bonchev–Trinajstić information content (AvgIpc) is 2.81. The zero-order valence-corrected chi connectivity index (χ0v) is 21.4. The van der Waals surface area contributed by atoms with Gasteiger partial charge < -0.3 is 15.0 Å². The topological polar surface area (TPSA) is 96.0 Å². The van der Waals surface area contributed by atoms with E-state index in [1.165, 1.54) is 11.4 Å². The summed E-state index contributed by atoms with van der Waals surface area (Å²) >= 11 is 0. The van der Waals surface area contributed by atoms with Crippen LogP contribution in [0.5, 0.6) is 5.75 Å². The Labute approximate surface area is 202 Å². The molecule has 2 aromatic carbocycles. The largest absolute Gasteiger partial charge is 0.497 e. The number of likely N-dealkylation sites (N-methyl/N-ethyl adjacent to an activating group) is 1. The summed E-state index contributed by atoms with van der Waals surface area (Å²) < 4.78 is 31.3. The molecular weight excluding hydrogens is 454 g/mol. The number of amides is 2. The van der Waals surface area contributed by atoms with E-state index in [1.807, 2.05) is 38.1 Å². The second-order valence-corrected chi connectivity index (χ2v) is 10.1. The van der Waals surface area contributed by atoms with Crippen molar-refractivity contribution in [3.63, 3.8) is 0 Å². The number of rotatable bonds is 12. The van der Waals surface area contributed by atoms with Crippen LogP contribution in [0.25, 0.3) is 0 Å². The Kier molecular flexibility index (Phi) is 9.92. The summed E-state index contributed by atoms with van der Waals surface area (Å²) in [6.45, 7) is 4.29. The number of carbonyl (C=O) groups excluding carboxylic acids is 2. The van der Waals surface area contributed by atoms with Crippen LogP contribution in [0.3, 0.4) is 0 Å². The van der Waals surface area contributed by atoms with Gasteiger partial charge in [0.05, 0.1) is 19.1 Å². The Morgan fingerprint density at radius 3 is 2.35 bits per heavy atom. The number of nitrogens with one attached hydrogen (secondary N) is 1. The molecule has 0 unspecified atom stereocenters. The van der Waals surface area contributed by atoms with E-state index in [0.29, 0.717) is 30.8 Å². The van der Waals surface area contributed by atoms with Crippen molar-refractivity contribution in [2.45, 2.75) is 45.7 Å². The molecule has 186 valence electrons. The zero-order valence-electron chi connectivity index (χ0n) is 20.6. The number of nitrogens with zero attached hydrogens (tertiary/aromatic N) is 2. The van der Waals surface area contributed by atoms with Crippen molar-refractivity contribution in [1.82, 2.24) is 10.2 Å². The molecular formula is C25H35N3O5S. The summed E-state index contributed by atoms with van der Waals surface area (Å²) in [5.74, 6) is 0.120. The van der Waals surface area contributed by atoms with Crippen molar-refractivity contribution in [2.24, 2.45) is 0 Å². The molecule has 34 heavy (non-hydrogen) atoms. The quantitative estimate of drug-likeness (QED) is 0.494. The highest BCUT2D eigenvalue weighted by Gasteiger charge is 2.28. The van der Waals surface area contributed by atoms with Crippen molar-refractivity contribution in [3.05, 3.63) is 59.7 Å². The fourth-order valence-corrected chi connectivity index (χ4v) is 4.70. The van der Waals surface area contributed by atoms with Crippen LogP contribution in [-0.4, -0.2) is 58.1 Å². The molecule has 2 amide bonds. The SMILES string of the molecule is CC[C@@H](C(=O)NC)N(Cc1ccc(C)cc1)C(=O)CCCN(c1cccc(OC)c1)S(C)(=O)=O. The van der Waals surface area contributed by atoms with E-state index in [9.17, 15) is 18.0 Å². The molecule has 0 heterocycles. The van der Waals surface area contributed by atoms with Crippen LogP contribution in [0.15, 0.2) is 48.5 Å². The first-order valence-electron chi connectivity index (χ1n) is 11.3. The van der Waals surface area contributed by atoms with E-state index >= 15 is 0 Å². The number of carbonyl (C=O) groups is 2. The first-order valence-corrected chi connectivity index (χ1v) is 13.1. The molecule has 1 N–H and O–H groups in total. The highest BCUT2D eigenvalue weighted by molar-refractivity contribution is 7.92. The van der Waals surface area contributed by atoms with Gasteiger partial charge in [-0.15, -0.1) is 0 Å². The van der Waals surface area contributed by atoms with E-state index < -0.39 is 16.1 Å². The second-order valence-electron chi connectivity index (χ2n) is 8.19. The summed E-state index contributed by atoms with van der Waals surface area (Å²) in [7, 11) is -0.495. The van der Waals surface area contributed by atoms with E-state index in [1.54, 1.807) is 36.2 Å². The van der Waals surface area contributed by atoms with Crippen LogP contribution in [0.2, 0.25) is 0 Å². The fraction of sp³-hybridized carbons (Fsp3) is 0.440. The molecule has 0 aromatic heterocycles. The van der Waals surface area contributed by atoms with Crippen molar-refractivity contribution >= 4 is 27.5 Å². The van der Waals surface area contributed by atoms with Crippen LogP contribution in [0.4, 0.5) is 5.69 Å². The van der Waals surface area contributed by atoms with Crippen molar-refractivity contribution in [3.8, 4) is 5.75 Å². The predicted molar refractivity (Wildman–Crippen MR) is 134 cm³/mol. The molecule has 0 aliphatic rings. The lowest BCUT2D eigenvalue weighted by atomic mass is 10.1. The third-order valence-corrected chi connectivity index (χ3v) is 6.79. The monoisotopic (exact) mass is 489 g/mol. The van der Waals surface area contributed by atoms with Crippen LogP contribution in [0.1, 0.15) is 37.3 Å². The van der Waals surface area contributed by atoms with Crippen molar-refractivity contribution < 1.29 is 22.7 Å². The van der Waals surface area contributed by atoms with Gasteiger partial charge in [0, 0.05) is 32.6 Å². The summed E-state index contributed by atoms with van der Waals surface area (Å²) in [5, 5.41) is 2.64. The summed E-state index contributed by atoms with van der Waals surface area (Å²) in [5.41, 5.74) is 2.51. The van der Waals surface area contributed by atoms with Crippen LogP contribution in [-0.2, 0) is 26.2 Å². The average molecular weight is 490 g/mol. The van der Waals surface area contributed by atoms with Gasteiger partial charge in [0.15, 0.2) is 0 Å². The van der Waals surface area contributed by atoms with Crippen LogP contribution < -0.4 is 14.4 Å². The molecule has 0 aliphatic heterocycles. The van der Waals surface area contributed by atoms with E-state index in [4.69, 9.17) is 4.74 Å². The first kappa shape index (κ1) is 27.2. The van der Waals surface area contributed by atoms with Gasteiger partial charge in [0.25, 0.3) is 0 Å². The lowest BCUT2D eigenvalue weighted by molar-refractivity contribution is -0.141. The molecule has 9 heteroatoms. The lowest BCUT2D eigenvalue weighted by Gasteiger charge is -2.31. The standard InChI is InChI=1S/C25H35N3O5S/c1-6-23(25(30)26-3)27(18-20-14-12-19(2)13-15-20)24(29)11-8-16-28(34(5,31)32)21-9-7-10-22(17-21)33-4/h7,9-10,12-15,17,23H,6,8,11,16,18H2,1-5H3,(H,26,30)/t23-/m0/s1. The van der Waals surface area contributed by atoms with Gasteiger partial charge in [0.2, 0.25) is 21.8 Å². The zero-order chi connectivity index (χ0) is 25.3.